The first-order valence-electron chi connectivity index (χ1n) is 7.34. The largest absolute Gasteiger partial charge is 0.497 e. The lowest BCUT2D eigenvalue weighted by Gasteiger charge is -2.12. The average molecular weight is 421 g/mol. The molecule has 3 N–H and O–H groups in total. The Hall–Kier alpha value is -1.02. The summed E-state index contributed by atoms with van der Waals surface area (Å²) in [6.45, 7) is 3.37. The van der Waals surface area contributed by atoms with Gasteiger partial charge in [0.1, 0.15) is 5.75 Å². The van der Waals surface area contributed by atoms with Gasteiger partial charge in [0, 0.05) is 19.7 Å². The molecule has 1 atom stereocenters. The third kappa shape index (κ3) is 9.09. The predicted octanol–water partition coefficient (Wildman–Crippen LogP) is 2.58. The maximum absolute atomic E-state index is 5.80. The third-order valence-corrected chi connectivity index (χ3v) is 3.13. The fraction of sp³-hybridized carbons (Fsp3) is 0.562. The van der Waals surface area contributed by atoms with Crippen LogP contribution in [-0.4, -0.2) is 39.4 Å². The van der Waals surface area contributed by atoms with E-state index in [1.807, 2.05) is 19.1 Å². The van der Waals surface area contributed by atoms with E-state index >= 15 is 0 Å². The number of nitrogens with one attached hydrogen (secondary N) is 1. The topological polar surface area (TPSA) is 68.9 Å². The van der Waals surface area contributed by atoms with Gasteiger partial charge in [-0.05, 0) is 43.9 Å². The molecule has 0 saturated carbocycles. The zero-order valence-electron chi connectivity index (χ0n) is 13.7. The number of guanidine groups is 1. The molecule has 0 aromatic heterocycles. The zero-order valence-corrected chi connectivity index (χ0v) is 16.0. The summed E-state index contributed by atoms with van der Waals surface area (Å²) in [7, 11) is 3.35. The van der Waals surface area contributed by atoms with Crippen molar-refractivity contribution in [2.24, 2.45) is 10.7 Å². The lowest BCUT2D eigenvalue weighted by atomic mass is 10.1. The number of aryl methyl sites for hydroxylation is 1. The number of hydrogen-bond acceptors (Lipinski definition) is 3. The molecule has 0 aliphatic carbocycles. The molecule has 0 radical (unpaired) electrons. The van der Waals surface area contributed by atoms with Crippen molar-refractivity contribution in [2.45, 2.75) is 32.2 Å². The van der Waals surface area contributed by atoms with Crippen LogP contribution >= 0.6 is 24.0 Å². The molecule has 0 heterocycles. The monoisotopic (exact) mass is 421 g/mol. The molecule has 5 nitrogen and oxygen atoms in total. The molecule has 1 rings (SSSR count). The van der Waals surface area contributed by atoms with Gasteiger partial charge in [0.15, 0.2) is 5.96 Å². The Morgan fingerprint density at radius 3 is 2.50 bits per heavy atom. The minimum atomic E-state index is 0. The standard InChI is InChI=1S/C16H27N3O2.HI/c1-13(12-20-2)19-16(17)18-11-5-4-6-14-7-9-15(21-3)10-8-14;/h7-10,13H,4-6,11-12H2,1-3H3,(H3,17,18,19);1H. The van der Waals surface area contributed by atoms with Gasteiger partial charge in [-0.25, -0.2) is 0 Å². The number of benzene rings is 1. The van der Waals surface area contributed by atoms with Crippen molar-refractivity contribution in [1.82, 2.24) is 5.32 Å². The minimum absolute atomic E-state index is 0. The second-order valence-electron chi connectivity index (χ2n) is 5.07. The average Bonchev–Trinajstić information content (AvgIpc) is 2.47. The van der Waals surface area contributed by atoms with Crippen molar-refractivity contribution in [2.75, 3.05) is 27.4 Å². The smallest absolute Gasteiger partial charge is 0.188 e. The fourth-order valence-corrected chi connectivity index (χ4v) is 2.02. The number of nitrogens with two attached hydrogens (primary N) is 1. The van der Waals surface area contributed by atoms with E-state index in [4.69, 9.17) is 15.2 Å². The first kappa shape index (κ1) is 21.0. The summed E-state index contributed by atoms with van der Waals surface area (Å²) < 4.78 is 10.2. The van der Waals surface area contributed by atoms with Gasteiger partial charge in [0.05, 0.1) is 13.7 Å². The summed E-state index contributed by atoms with van der Waals surface area (Å²) in [6, 6.07) is 8.37. The Balaban J connectivity index is 0.00000441. The van der Waals surface area contributed by atoms with Crippen LogP contribution in [0.5, 0.6) is 5.75 Å². The highest BCUT2D eigenvalue weighted by atomic mass is 127. The molecule has 1 aromatic rings. The summed E-state index contributed by atoms with van der Waals surface area (Å²) in [5.74, 6) is 1.39. The number of rotatable bonds is 9. The molecule has 6 heteroatoms. The first-order valence-corrected chi connectivity index (χ1v) is 7.34. The third-order valence-electron chi connectivity index (χ3n) is 3.13. The normalized spacial score (nSPS) is 12.4. The predicted molar refractivity (Wildman–Crippen MR) is 102 cm³/mol. The lowest BCUT2D eigenvalue weighted by molar-refractivity contribution is 0.179. The molecule has 1 unspecified atom stereocenters. The second-order valence-corrected chi connectivity index (χ2v) is 5.07. The fourth-order valence-electron chi connectivity index (χ4n) is 2.02. The summed E-state index contributed by atoms with van der Waals surface area (Å²) in [4.78, 5) is 4.31. The number of hydrogen-bond donors (Lipinski definition) is 2. The maximum Gasteiger partial charge on any atom is 0.188 e. The molecular formula is C16H28IN3O2. The van der Waals surface area contributed by atoms with Crippen molar-refractivity contribution in [3.63, 3.8) is 0 Å². The quantitative estimate of drug-likeness (QED) is 0.278. The van der Waals surface area contributed by atoms with E-state index in [2.05, 4.69) is 22.4 Å². The maximum atomic E-state index is 5.80. The van der Waals surface area contributed by atoms with Crippen molar-refractivity contribution >= 4 is 29.9 Å². The Kier molecular flexibility index (Phi) is 11.9. The molecule has 22 heavy (non-hydrogen) atoms. The Morgan fingerprint density at radius 2 is 1.91 bits per heavy atom. The number of unbranched alkanes of at least 4 members (excludes halogenated alkanes) is 1. The van der Waals surface area contributed by atoms with Crippen molar-refractivity contribution < 1.29 is 9.47 Å². The summed E-state index contributed by atoms with van der Waals surface area (Å²) in [6.07, 6.45) is 3.16. The van der Waals surface area contributed by atoms with E-state index in [0.29, 0.717) is 12.6 Å². The van der Waals surface area contributed by atoms with Gasteiger partial charge >= 0.3 is 0 Å². The van der Waals surface area contributed by atoms with Gasteiger partial charge in [-0.2, -0.15) is 0 Å². The lowest BCUT2D eigenvalue weighted by Crippen LogP contribution is -2.40. The second kappa shape index (κ2) is 12.5. The molecule has 1 aromatic carbocycles. The van der Waals surface area contributed by atoms with Crippen LogP contribution in [0, 0.1) is 0 Å². The highest BCUT2D eigenvalue weighted by Crippen LogP contribution is 2.13. The highest BCUT2D eigenvalue weighted by Gasteiger charge is 2.01. The molecule has 0 amide bonds. The number of aliphatic imine (C=N–C) groups is 1. The van der Waals surface area contributed by atoms with Gasteiger partial charge < -0.3 is 20.5 Å². The van der Waals surface area contributed by atoms with E-state index in [-0.39, 0.29) is 30.0 Å². The first-order chi connectivity index (χ1) is 10.2. The SMILES string of the molecule is COCC(C)NC(N)=NCCCCc1ccc(OC)cc1.I. The van der Waals surface area contributed by atoms with Gasteiger partial charge in [0.25, 0.3) is 0 Å². The minimum Gasteiger partial charge on any atom is -0.497 e. The van der Waals surface area contributed by atoms with E-state index in [9.17, 15) is 0 Å². The summed E-state index contributed by atoms with van der Waals surface area (Å²) >= 11 is 0. The molecule has 0 aliphatic heterocycles. The van der Waals surface area contributed by atoms with Crippen molar-refractivity contribution in [3.05, 3.63) is 29.8 Å². The Morgan fingerprint density at radius 1 is 1.23 bits per heavy atom. The van der Waals surface area contributed by atoms with Crippen LogP contribution < -0.4 is 15.8 Å². The number of methoxy groups -OCH3 is 2. The van der Waals surface area contributed by atoms with Crippen molar-refractivity contribution in [3.8, 4) is 5.75 Å². The molecule has 0 aliphatic rings. The zero-order chi connectivity index (χ0) is 15.5. The van der Waals surface area contributed by atoms with Crippen LogP contribution in [0.15, 0.2) is 29.3 Å². The van der Waals surface area contributed by atoms with Crippen LogP contribution in [-0.2, 0) is 11.2 Å². The Labute approximate surface area is 150 Å². The molecular weight excluding hydrogens is 393 g/mol. The summed E-state index contributed by atoms with van der Waals surface area (Å²) in [5, 5.41) is 3.09. The number of nitrogens with zero attached hydrogens (tertiary/aromatic N) is 1. The van der Waals surface area contributed by atoms with Crippen LogP contribution in [0.25, 0.3) is 0 Å². The van der Waals surface area contributed by atoms with Gasteiger partial charge in [-0.15, -0.1) is 24.0 Å². The van der Waals surface area contributed by atoms with Crippen LogP contribution in [0.4, 0.5) is 0 Å². The van der Waals surface area contributed by atoms with E-state index < -0.39 is 0 Å². The van der Waals surface area contributed by atoms with Crippen LogP contribution in [0.3, 0.4) is 0 Å². The highest BCUT2D eigenvalue weighted by molar-refractivity contribution is 14.0. The molecule has 0 spiro atoms. The van der Waals surface area contributed by atoms with Crippen LogP contribution in [0.2, 0.25) is 0 Å². The van der Waals surface area contributed by atoms with Gasteiger partial charge in [0.2, 0.25) is 0 Å². The molecule has 0 saturated heterocycles. The van der Waals surface area contributed by atoms with Gasteiger partial charge in [-0.1, -0.05) is 12.1 Å². The molecule has 0 bridgehead atoms. The molecule has 0 fully saturated rings. The summed E-state index contributed by atoms with van der Waals surface area (Å²) in [5.41, 5.74) is 7.12. The van der Waals surface area contributed by atoms with E-state index in [1.165, 1.54) is 5.56 Å². The van der Waals surface area contributed by atoms with Crippen LogP contribution in [0.1, 0.15) is 25.3 Å². The molecule has 126 valence electrons. The van der Waals surface area contributed by atoms with Gasteiger partial charge in [-0.3, -0.25) is 4.99 Å². The van der Waals surface area contributed by atoms with E-state index in [1.54, 1.807) is 14.2 Å². The Bertz CT molecular complexity index is 424. The van der Waals surface area contributed by atoms with Crippen molar-refractivity contribution in [1.29, 1.82) is 0 Å². The van der Waals surface area contributed by atoms with E-state index in [0.717, 1.165) is 31.6 Å². The number of ether oxygens (including phenoxy) is 2. The number of halogens is 1.